The molecule has 4 nitrogen and oxygen atoms in total. The summed E-state index contributed by atoms with van der Waals surface area (Å²) in [4.78, 5) is 4.40. The molecule has 0 radical (unpaired) electrons. The summed E-state index contributed by atoms with van der Waals surface area (Å²) >= 11 is 7.23. The molecule has 7 heteroatoms. The van der Waals surface area contributed by atoms with Crippen LogP contribution in [-0.4, -0.2) is 25.0 Å². The quantitative estimate of drug-likeness (QED) is 0.812. The Kier molecular flexibility index (Phi) is 5.24. The number of sulfonamides is 1. The second kappa shape index (κ2) is 6.77. The largest absolute Gasteiger partial charge is 0.284 e. The zero-order valence-electron chi connectivity index (χ0n) is 11.8. The maximum absolute atomic E-state index is 12.0. The fourth-order valence-electron chi connectivity index (χ4n) is 1.88. The first-order valence-corrected chi connectivity index (χ1v) is 9.55. The minimum absolute atomic E-state index is 0.0105. The molecule has 21 heavy (non-hydrogen) atoms. The van der Waals surface area contributed by atoms with Crippen molar-refractivity contribution in [3.8, 4) is 11.3 Å². The highest BCUT2D eigenvalue weighted by atomic mass is 35.5. The van der Waals surface area contributed by atoms with E-state index in [1.165, 1.54) is 0 Å². The highest BCUT2D eigenvalue weighted by Crippen LogP contribution is 2.24. The normalized spacial score (nSPS) is 13.1. The summed E-state index contributed by atoms with van der Waals surface area (Å²) in [5.74, 6) is 0.240. The van der Waals surface area contributed by atoms with Gasteiger partial charge in [-0.1, -0.05) is 19.1 Å². The third kappa shape index (κ3) is 4.69. The summed E-state index contributed by atoms with van der Waals surface area (Å²) in [6.07, 6.45) is 0. The number of aryl methyl sites for hydroxylation is 1. The molecular formula is C14H17ClN2O2S2. The number of rotatable bonds is 6. The van der Waals surface area contributed by atoms with Gasteiger partial charge in [-0.3, -0.25) is 4.72 Å². The Hall–Kier alpha value is -1.11. The van der Waals surface area contributed by atoms with Crippen molar-refractivity contribution in [3.63, 3.8) is 0 Å². The van der Waals surface area contributed by atoms with Crippen molar-refractivity contribution >= 4 is 38.6 Å². The highest BCUT2D eigenvalue weighted by Gasteiger charge is 2.15. The first kappa shape index (κ1) is 16.3. The van der Waals surface area contributed by atoms with Crippen LogP contribution in [0.4, 0.5) is 5.69 Å². The van der Waals surface area contributed by atoms with E-state index in [0.717, 1.165) is 16.3 Å². The molecule has 1 heterocycles. The lowest BCUT2D eigenvalue weighted by Gasteiger charge is -2.11. The summed E-state index contributed by atoms with van der Waals surface area (Å²) in [5, 5.41) is 2.94. The predicted molar refractivity (Wildman–Crippen MR) is 89.6 cm³/mol. The smallest absolute Gasteiger partial charge is 0.233 e. The number of aromatic nitrogens is 1. The third-order valence-electron chi connectivity index (χ3n) is 2.82. The summed E-state index contributed by atoms with van der Waals surface area (Å²) in [6.45, 7) is 3.75. The number of benzene rings is 1. The van der Waals surface area contributed by atoms with Gasteiger partial charge in [0.2, 0.25) is 10.0 Å². The van der Waals surface area contributed by atoms with Crippen LogP contribution in [0.25, 0.3) is 11.3 Å². The first-order chi connectivity index (χ1) is 9.89. The number of thiazole rings is 1. The van der Waals surface area contributed by atoms with E-state index in [-0.39, 0.29) is 11.7 Å². The topological polar surface area (TPSA) is 59.1 Å². The van der Waals surface area contributed by atoms with Gasteiger partial charge >= 0.3 is 0 Å². The molecule has 0 amide bonds. The molecule has 2 rings (SSSR count). The number of alkyl halides is 1. The molecule has 0 aliphatic carbocycles. The molecular weight excluding hydrogens is 328 g/mol. The number of hydrogen-bond acceptors (Lipinski definition) is 4. The molecule has 1 aromatic heterocycles. The molecule has 1 unspecified atom stereocenters. The fourth-order valence-corrected chi connectivity index (χ4v) is 4.18. The van der Waals surface area contributed by atoms with Gasteiger partial charge in [-0.15, -0.1) is 22.9 Å². The van der Waals surface area contributed by atoms with E-state index in [4.69, 9.17) is 11.6 Å². The molecule has 0 saturated carbocycles. The minimum atomic E-state index is -3.39. The van der Waals surface area contributed by atoms with Crippen LogP contribution < -0.4 is 4.72 Å². The van der Waals surface area contributed by atoms with Crippen molar-refractivity contribution in [2.24, 2.45) is 5.92 Å². The van der Waals surface area contributed by atoms with E-state index in [1.807, 2.05) is 24.4 Å². The van der Waals surface area contributed by atoms with E-state index in [0.29, 0.717) is 11.6 Å². The van der Waals surface area contributed by atoms with Crippen molar-refractivity contribution in [2.45, 2.75) is 13.8 Å². The maximum Gasteiger partial charge on any atom is 0.233 e. The van der Waals surface area contributed by atoms with Crippen LogP contribution >= 0.6 is 22.9 Å². The number of halogens is 1. The molecule has 0 aliphatic rings. The van der Waals surface area contributed by atoms with Crippen LogP contribution in [0.3, 0.4) is 0 Å². The van der Waals surface area contributed by atoms with Crippen LogP contribution in [0, 0.1) is 12.8 Å². The molecule has 1 atom stereocenters. The van der Waals surface area contributed by atoms with Crippen LogP contribution in [0.15, 0.2) is 29.6 Å². The second-order valence-corrected chi connectivity index (χ2v) is 8.11. The lowest BCUT2D eigenvalue weighted by Crippen LogP contribution is -2.22. The van der Waals surface area contributed by atoms with Gasteiger partial charge < -0.3 is 0 Å². The molecule has 1 aromatic carbocycles. The highest BCUT2D eigenvalue weighted by molar-refractivity contribution is 7.92. The monoisotopic (exact) mass is 344 g/mol. The van der Waals surface area contributed by atoms with E-state index >= 15 is 0 Å². The summed E-state index contributed by atoms with van der Waals surface area (Å²) in [7, 11) is -3.39. The van der Waals surface area contributed by atoms with E-state index in [2.05, 4.69) is 9.71 Å². The van der Waals surface area contributed by atoms with Gasteiger partial charge in [-0.2, -0.15) is 0 Å². The van der Waals surface area contributed by atoms with Gasteiger partial charge in [0, 0.05) is 22.5 Å². The van der Waals surface area contributed by atoms with E-state index in [9.17, 15) is 8.42 Å². The van der Waals surface area contributed by atoms with Crippen molar-refractivity contribution in [3.05, 3.63) is 34.7 Å². The van der Waals surface area contributed by atoms with Gasteiger partial charge in [0.1, 0.15) is 0 Å². The molecule has 0 saturated heterocycles. The lowest BCUT2D eigenvalue weighted by molar-refractivity contribution is 0.588. The Morgan fingerprint density at radius 2 is 2.19 bits per heavy atom. The molecule has 0 spiro atoms. The maximum atomic E-state index is 12.0. The van der Waals surface area contributed by atoms with Gasteiger partial charge in [0.05, 0.1) is 16.5 Å². The number of hydrogen-bond donors (Lipinski definition) is 1. The summed E-state index contributed by atoms with van der Waals surface area (Å²) in [5.41, 5.74) is 2.29. The Labute approximate surface area is 134 Å². The Bertz CT molecular complexity index is 713. The average molecular weight is 345 g/mol. The van der Waals surface area contributed by atoms with Crippen molar-refractivity contribution < 1.29 is 8.42 Å². The molecule has 0 fully saturated rings. The van der Waals surface area contributed by atoms with Gasteiger partial charge in [-0.25, -0.2) is 13.4 Å². The second-order valence-electron chi connectivity index (χ2n) is 4.98. The van der Waals surface area contributed by atoms with Gasteiger partial charge in [0.25, 0.3) is 0 Å². The molecule has 1 N–H and O–H groups in total. The fraction of sp³-hybridized carbons (Fsp3) is 0.357. The Balaban J connectivity index is 2.18. The third-order valence-corrected chi connectivity index (χ3v) is 5.67. The van der Waals surface area contributed by atoms with Crippen LogP contribution in [0.1, 0.15) is 11.9 Å². The number of nitrogens with one attached hydrogen (secondary N) is 1. The summed E-state index contributed by atoms with van der Waals surface area (Å²) < 4.78 is 26.7. The predicted octanol–water partition coefficient (Wildman–Crippen LogP) is 3.74. The van der Waals surface area contributed by atoms with E-state index < -0.39 is 10.0 Å². The summed E-state index contributed by atoms with van der Waals surface area (Å²) in [6, 6.07) is 7.24. The molecule has 0 bridgehead atoms. The van der Waals surface area contributed by atoms with Crippen LogP contribution in [0.5, 0.6) is 0 Å². The minimum Gasteiger partial charge on any atom is -0.284 e. The zero-order chi connectivity index (χ0) is 15.5. The SMILES string of the molecule is Cc1nc(-c2cccc(NS(=O)(=O)CC(C)CCl)c2)cs1. The molecule has 114 valence electrons. The van der Waals surface area contributed by atoms with Crippen LogP contribution in [0.2, 0.25) is 0 Å². The van der Waals surface area contributed by atoms with Crippen molar-refractivity contribution in [2.75, 3.05) is 16.4 Å². The van der Waals surface area contributed by atoms with Gasteiger partial charge in [0.15, 0.2) is 0 Å². The standard InChI is InChI=1S/C14H17ClN2O2S2/c1-10(7-15)9-21(18,19)17-13-5-3-4-12(6-13)14-8-20-11(2)16-14/h3-6,8,10,17H,7,9H2,1-2H3. The number of anilines is 1. The lowest BCUT2D eigenvalue weighted by atomic mass is 10.1. The molecule has 0 aliphatic heterocycles. The Morgan fingerprint density at radius 3 is 2.81 bits per heavy atom. The number of nitrogens with zero attached hydrogens (tertiary/aromatic N) is 1. The zero-order valence-corrected chi connectivity index (χ0v) is 14.2. The Morgan fingerprint density at radius 1 is 1.43 bits per heavy atom. The van der Waals surface area contributed by atoms with Crippen molar-refractivity contribution in [1.29, 1.82) is 0 Å². The van der Waals surface area contributed by atoms with Crippen molar-refractivity contribution in [1.82, 2.24) is 4.98 Å². The van der Waals surface area contributed by atoms with Crippen LogP contribution in [-0.2, 0) is 10.0 Å². The van der Waals surface area contributed by atoms with Gasteiger partial charge in [-0.05, 0) is 25.0 Å². The first-order valence-electron chi connectivity index (χ1n) is 6.48. The molecule has 2 aromatic rings. The van der Waals surface area contributed by atoms with E-state index in [1.54, 1.807) is 30.4 Å². The average Bonchev–Trinajstić information content (AvgIpc) is 2.84.